The van der Waals surface area contributed by atoms with Gasteiger partial charge in [0.05, 0.1) is 0 Å². The van der Waals surface area contributed by atoms with Crippen molar-refractivity contribution in [2.45, 2.75) is 51.0 Å². The molecule has 2 fully saturated rings. The lowest BCUT2D eigenvalue weighted by atomic mass is 9.98. The summed E-state index contributed by atoms with van der Waals surface area (Å²) >= 11 is 0. The molecule has 1 aliphatic carbocycles. The van der Waals surface area contributed by atoms with Gasteiger partial charge in [-0.2, -0.15) is 0 Å². The average Bonchev–Trinajstić information content (AvgIpc) is 2.60. The van der Waals surface area contributed by atoms with Crippen molar-refractivity contribution >= 4 is 0 Å². The van der Waals surface area contributed by atoms with Crippen molar-refractivity contribution in [3.05, 3.63) is 0 Å². The lowest BCUT2D eigenvalue weighted by molar-refractivity contribution is 0.419. The first-order valence-corrected chi connectivity index (χ1v) is 5.18. The second kappa shape index (κ2) is 3.57. The van der Waals surface area contributed by atoms with Crippen LogP contribution in [0.3, 0.4) is 0 Å². The van der Waals surface area contributed by atoms with Gasteiger partial charge in [-0.1, -0.05) is 25.7 Å². The molecule has 0 aromatic carbocycles. The van der Waals surface area contributed by atoms with Crippen LogP contribution in [-0.4, -0.2) is 12.6 Å². The Balaban J connectivity index is 1.71. The molecular weight excluding hydrogens is 134 g/mol. The minimum atomic E-state index is 0.887. The highest BCUT2D eigenvalue weighted by Gasteiger charge is 2.21. The zero-order valence-electron chi connectivity index (χ0n) is 7.31. The molecule has 0 amide bonds. The molecule has 2 aliphatic rings. The van der Waals surface area contributed by atoms with Gasteiger partial charge in [-0.25, -0.2) is 0 Å². The smallest absolute Gasteiger partial charge is 0.00701 e. The molecule has 1 N–H and O–H groups in total. The summed E-state index contributed by atoms with van der Waals surface area (Å²) in [6.07, 6.45) is 10.3. The Morgan fingerprint density at radius 2 is 1.82 bits per heavy atom. The van der Waals surface area contributed by atoms with Gasteiger partial charge in [-0.05, 0) is 31.7 Å². The molecule has 1 saturated heterocycles. The summed E-state index contributed by atoms with van der Waals surface area (Å²) in [7, 11) is 0. The molecule has 0 bridgehead atoms. The third kappa shape index (κ3) is 1.96. The molecule has 0 aromatic heterocycles. The van der Waals surface area contributed by atoms with Crippen LogP contribution in [0.1, 0.15) is 44.9 Å². The first-order chi connectivity index (χ1) is 5.45. The first-order valence-electron chi connectivity index (χ1n) is 5.18. The minimum Gasteiger partial charge on any atom is -0.314 e. The molecule has 0 aromatic rings. The molecule has 11 heavy (non-hydrogen) atoms. The molecule has 1 atom stereocenters. The topological polar surface area (TPSA) is 12.0 Å². The molecule has 1 nitrogen and oxygen atoms in total. The summed E-state index contributed by atoms with van der Waals surface area (Å²) in [6, 6.07) is 0.887. The van der Waals surface area contributed by atoms with Crippen molar-refractivity contribution in [2.24, 2.45) is 5.92 Å². The van der Waals surface area contributed by atoms with Gasteiger partial charge >= 0.3 is 0 Å². The fourth-order valence-electron chi connectivity index (χ4n) is 2.61. The van der Waals surface area contributed by atoms with Crippen LogP contribution >= 0.6 is 0 Å². The largest absolute Gasteiger partial charge is 0.314 e. The Labute approximate surface area is 69.6 Å². The standard InChI is InChI=1S/C10H19N/c1-2-5-9(4-1)8-10-6-3-7-11-10/h9-11H,1-8H2/t10-/m0/s1. The Morgan fingerprint density at radius 1 is 1.00 bits per heavy atom. The van der Waals surface area contributed by atoms with Crippen molar-refractivity contribution in [3.8, 4) is 0 Å². The third-order valence-corrected chi connectivity index (χ3v) is 3.25. The highest BCUT2D eigenvalue weighted by molar-refractivity contribution is 4.79. The van der Waals surface area contributed by atoms with Crippen LogP contribution in [0.15, 0.2) is 0 Å². The second-order valence-corrected chi connectivity index (χ2v) is 4.18. The predicted molar refractivity (Wildman–Crippen MR) is 47.6 cm³/mol. The van der Waals surface area contributed by atoms with E-state index in [4.69, 9.17) is 0 Å². The van der Waals surface area contributed by atoms with E-state index in [-0.39, 0.29) is 0 Å². The van der Waals surface area contributed by atoms with E-state index in [0.717, 1.165) is 12.0 Å². The summed E-state index contributed by atoms with van der Waals surface area (Å²) in [4.78, 5) is 0. The molecule has 1 heteroatoms. The van der Waals surface area contributed by atoms with Crippen LogP contribution in [0, 0.1) is 5.92 Å². The molecule has 0 unspecified atom stereocenters. The van der Waals surface area contributed by atoms with Crippen molar-refractivity contribution < 1.29 is 0 Å². The fourth-order valence-corrected chi connectivity index (χ4v) is 2.61. The van der Waals surface area contributed by atoms with Gasteiger partial charge in [0.25, 0.3) is 0 Å². The Morgan fingerprint density at radius 3 is 2.45 bits per heavy atom. The second-order valence-electron chi connectivity index (χ2n) is 4.18. The zero-order chi connectivity index (χ0) is 7.52. The molecule has 2 rings (SSSR count). The maximum Gasteiger partial charge on any atom is 0.00701 e. The molecule has 64 valence electrons. The molecular formula is C10H19N. The highest BCUT2D eigenvalue weighted by atomic mass is 14.9. The van der Waals surface area contributed by atoms with E-state index in [0.29, 0.717) is 0 Å². The predicted octanol–water partition coefficient (Wildman–Crippen LogP) is 2.32. The lowest BCUT2D eigenvalue weighted by Gasteiger charge is -2.14. The molecule has 1 saturated carbocycles. The van der Waals surface area contributed by atoms with Gasteiger partial charge in [-0.3, -0.25) is 0 Å². The van der Waals surface area contributed by atoms with Crippen molar-refractivity contribution in [1.29, 1.82) is 0 Å². The van der Waals surface area contributed by atoms with Gasteiger partial charge < -0.3 is 5.32 Å². The fraction of sp³-hybridized carbons (Fsp3) is 1.00. The summed E-state index contributed by atoms with van der Waals surface area (Å²) in [5.41, 5.74) is 0. The highest BCUT2D eigenvalue weighted by Crippen LogP contribution is 2.30. The van der Waals surface area contributed by atoms with Crippen molar-refractivity contribution in [1.82, 2.24) is 5.32 Å². The van der Waals surface area contributed by atoms with E-state index in [9.17, 15) is 0 Å². The number of hydrogen-bond acceptors (Lipinski definition) is 1. The minimum absolute atomic E-state index is 0.887. The Kier molecular flexibility index (Phi) is 2.47. The van der Waals surface area contributed by atoms with Crippen molar-refractivity contribution in [2.75, 3.05) is 6.54 Å². The molecule has 0 radical (unpaired) electrons. The Hall–Kier alpha value is -0.0400. The van der Waals surface area contributed by atoms with E-state index < -0.39 is 0 Å². The van der Waals surface area contributed by atoms with Crippen LogP contribution in [0.4, 0.5) is 0 Å². The van der Waals surface area contributed by atoms with E-state index in [1.54, 1.807) is 0 Å². The normalized spacial score (nSPS) is 33.3. The Bertz CT molecular complexity index is 96.0. The van der Waals surface area contributed by atoms with Gasteiger partial charge in [0.15, 0.2) is 0 Å². The van der Waals surface area contributed by atoms with Gasteiger partial charge in [0.1, 0.15) is 0 Å². The lowest BCUT2D eigenvalue weighted by Crippen LogP contribution is -2.23. The van der Waals surface area contributed by atoms with E-state index in [2.05, 4.69) is 5.32 Å². The van der Waals surface area contributed by atoms with Gasteiger partial charge in [0, 0.05) is 6.04 Å². The number of hydrogen-bond donors (Lipinski definition) is 1. The van der Waals surface area contributed by atoms with Crippen LogP contribution in [0.2, 0.25) is 0 Å². The summed E-state index contributed by atoms with van der Waals surface area (Å²) in [5, 5.41) is 3.58. The quantitative estimate of drug-likeness (QED) is 0.642. The van der Waals surface area contributed by atoms with Crippen molar-refractivity contribution in [3.63, 3.8) is 0 Å². The van der Waals surface area contributed by atoms with Crippen LogP contribution in [-0.2, 0) is 0 Å². The van der Waals surface area contributed by atoms with Crippen LogP contribution in [0.5, 0.6) is 0 Å². The maximum absolute atomic E-state index is 3.58. The summed E-state index contributed by atoms with van der Waals surface area (Å²) < 4.78 is 0. The summed E-state index contributed by atoms with van der Waals surface area (Å²) in [6.45, 7) is 1.28. The average molecular weight is 153 g/mol. The first kappa shape index (κ1) is 7.60. The SMILES string of the molecule is C1CCC(C[C@@H]2CCCN2)C1. The zero-order valence-corrected chi connectivity index (χ0v) is 7.31. The van der Waals surface area contributed by atoms with E-state index in [1.807, 2.05) is 0 Å². The molecule has 1 heterocycles. The number of rotatable bonds is 2. The van der Waals surface area contributed by atoms with E-state index in [1.165, 1.54) is 51.5 Å². The number of nitrogens with one attached hydrogen (secondary N) is 1. The van der Waals surface area contributed by atoms with Crippen LogP contribution in [0.25, 0.3) is 0 Å². The molecule has 0 spiro atoms. The van der Waals surface area contributed by atoms with E-state index >= 15 is 0 Å². The third-order valence-electron chi connectivity index (χ3n) is 3.25. The van der Waals surface area contributed by atoms with Gasteiger partial charge in [0.2, 0.25) is 0 Å². The van der Waals surface area contributed by atoms with Gasteiger partial charge in [-0.15, -0.1) is 0 Å². The summed E-state index contributed by atoms with van der Waals surface area (Å²) in [5.74, 6) is 1.07. The molecule has 1 aliphatic heterocycles. The van der Waals surface area contributed by atoms with Crippen LogP contribution < -0.4 is 5.32 Å². The maximum atomic E-state index is 3.58. The monoisotopic (exact) mass is 153 g/mol.